The Morgan fingerprint density at radius 3 is 2.62 bits per heavy atom. The lowest BCUT2D eigenvalue weighted by Crippen LogP contribution is -1.99. The van der Waals surface area contributed by atoms with Gasteiger partial charge in [-0.25, -0.2) is 4.79 Å². The molecule has 0 atom stereocenters. The van der Waals surface area contributed by atoms with Crippen LogP contribution in [0.25, 0.3) is 28.1 Å². The average molecular weight is 319 g/mol. The Balaban J connectivity index is 2.08. The van der Waals surface area contributed by atoms with E-state index in [9.17, 15) is 9.90 Å². The number of carboxylic acid groups (broad SMARTS) is 1. The van der Waals surface area contributed by atoms with Crippen LogP contribution in [0.5, 0.6) is 0 Å². The molecule has 24 heavy (non-hydrogen) atoms. The molecule has 1 aromatic heterocycles. The fourth-order valence-corrected chi connectivity index (χ4v) is 3.03. The maximum Gasteiger partial charge on any atom is 0.331 e. The quantitative estimate of drug-likeness (QED) is 0.639. The molecular weight excluding hydrogens is 298 g/mol. The summed E-state index contributed by atoms with van der Waals surface area (Å²) in [5, 5.41) is 10.4. The maximum atomic E-state index is 11.2. The van der Waals surface area contributed by atoms with E-state index in [0.717, 1.165) is 22.2 Å². The minimum Gasteiger partial charge on any atom is -0.478 e. The SMILES string of the molecule is CC/C(=C\c1cc(C)c(-c2ccc3[nH]ccc3c2)cc1C)C(=O)O. The van der Waals surface area contributed by atoms with Gasteiger partial charge in [0.25, 0.3) is 0 Å². The van der Waals surface area contributed by atoms with Gasteiger partial charge >= 0.3 is 5.97 Å². The molecular formula is C21H21NO2. The van der Waals surface area contributed by atoms with Crippen LogP contribution in [-0.4, -0.2) is 16.1 Å². The highest BCUT2D eigenvalue weighted by Gasteiger charge is 2.09. The molecule has 3 heteroatoms. The number of benzene rings is 2. The molecule has 3 nitrogen and oxygen atoms in total. The summed E-state index contributed by atoms with van der Waals surface area (Å²) >= 11 is 0. The van der Waals surface area contributed by atoms with Crippen molar-refractivity contribution in [2.75, 3.05) is 0 Å². The number of nitrogens with one attached hydrogen (secondary N) is 1. The van der Waals surface area contributed by atoms with Crippen molar-refractivity contribution < 1.29 is 9.90 Å². The Kier molecular flexibility index (Phi) is 4.26. The first-order valence-corrected chi connectivity index (χ1v) is 8.12. The molecule has 3 aromatic rings. The molecule has 1 heterocycles. The third-order valence-electron chi connectivity index (χ3n) is 4.46. The summed E-state index contributed by atoms with van der Waals surface area (Å²) in [6.45, 7) is 5.96. The van der Waals surface area contributed by atoms with Crippen molar-refractivity contribution in [1.82, 2.24) is 4.98 Å². The molecule has 0 unspecified atom stereocenters. The van der Waals surface area contributed by atoms with E-state index in [2.05, 4.69) is 48.3 Å². The zero-order valence-corrected chi connectivity index (χ0v) is 14.2. The summed E-state index contributed by atoms with van der Waals surface area (Å²) in [5.74, 6) is -0.850. The standard InChI is InChI=1S/C21H21NO2/c1-4-15(21(23)24)11-18-9-14(3)19(10-13(18)2)16-5-6-20-17(12-16)7-8-22-20/h5-12,22H,4H2,1-3H3,(H,23,24)/b15-11+. The summed E-state index contributed by atoms with van der Waals surface area (Å²) in [7, 11) is 0. The van der Waals surface area contributed by atoms with E-state index in [1.165, 1.54) is 16.5 Å². The summed E-state index contributed by atoms with van der Waals surface area (Å²) < 4.78 is 0. The van der Waals surface area contributed by atoms with Gasteiger partial charge in [0.05, 0.1) is 0 Å². The van der Waals surface area contributed by atoms with E-state index < -0.39 is 5.97 Å². The maximum absolute atomic E-state index is 11.2. The van der Waals surface area contributed by atoms with Crippen molar-refractivity contribution in [2.24, 2.45) is 0 Å². The number of H-pyrrole nitrogens is 1. The Bertz CT molecular complexity index is 948. The Hall–Kier alpha value is -2.81. The summed E-state index contributed by atoms with van der Waals surface area (Å²) in [5.41, 5.74) is 7.10. The van der Waals surface area contributed by atoms with Crippen LogP contribution in [0.3, 0.4) is 0 Å². The van der Waals surface area contributed by atoms with Gasteiger partial charge in [-0.3, -0.25) is 0 Å². The smallest absolute Gasteiger partial charge is 0.331 e. The van der Waals surface area contributed by atoms with Gasteiger partial charge in [-0.05, 0) is 77.7 Å². The first-order chi connectivity index (χ1) is 11.5. The molecule has 3 rings (SSSR count). The fraction of sp³-hybridized carbons (Fsp3) is 0.190. The topological polar surface area (TPSA) is 53.1 Å². The van der Waals surface area contributed by atoms with Crippen LogP contribution < -0.4 is 0 Å². The Morgan fingerprint density at radius 1 is 1.12 bits per heavy atom. The predicted molar refractivity (Wildman–Crippen MR) is 99.1 cm³/mol. The zero-order valence-electron chi connectivity index (χ0n) is 14.2. The lowest BCUT2D eigenvalue weighted by Gasteiger charge is -2.11. The number of carbonyl (C=O) groups is 1. The molecule has 0 amide bonds. The molecule has 0 saturated carbocycles. The molecule has 122 valence electrons. The molecule has 0 fully saturated rings. The van der Waals surface area contributed by atoms with Crippen molar-refractivity contribution in [3.63, 3.8) is 0 Å². The monoisotopic (exact) mass is 319 g/mol. The van der Waals surface area contributed by atoms with Crippen molar-refractivity contribution in [3.8, 4) is 11.1 Å². The molecule has 0 bridgehead atoms. The first-order valence-electron chi connectivity index (χ1n) is 8.12. The molecule has 0 aliphatic rings. The van der Waals surface area contributed by atoms with Crippen molar-refractivity contribution in [2.45, 2.75) is 27.2 Å². The first kappa shape index (κ1) is 16.1. The van der Waals surface area contributed by atoms with Crippen LogP contribution in [0.2, 0.25) is 0 Å². The normalized spacial score (nSPS) is 11.9. The second kappa shape index (κ2) is 6.36. The zero-order chi connectivity index (χ0) is 17.3. The molecule has 0 spiro atoms. The summed E-state index contributed by atoms with van der Waals surface area (Å²) in [6, 6.07) is 12.7. The number of rotatable bonds is 4. The summed E-state index contributed by atoms with van der Waals surface area (Å²) in [6.07, 6.45) is 4.24. The molecule has 0 saturated heterocycles. The van der Waals surface area contributed by atoms with E-state index in [-0.39, 0.29) is 0 Å². The minimum atomic E-state index is -0.850. The lowest BCUT2D eigenvalue weighted by atomic mass is 9.93. The second-order valence-electron chi connectivity index (χ2n) is 6.13. The van der Waals surface area contributed by atoms with Crippen LogP contribution in [0.15, 0.2) is 48.2 Å². The minimum absolute atomic E-state index is 0.430. The molecule has 0 radical (unpaired) electrons. The van der Waals surface area contributed by atoms with Gasteiger partial charge in [0.15, 0.2) is 0 Å². The number of hydrogen-bond donors (Lipinski definition) is 2. The highest BCUT2D eigenvalue weighted by Crippen LogP contribution is 2.30. The highest BCUT2D eigenvalue weighted by atomic mass is 16.4. The van der Waals surface area contributed by atoms with Gasteiger partial charge in [0, 0.05) is 17.3 Å². The number of fused-ring (bicyclic) bond motifs is 1. The molecule has 2 aromatic carbocycles. The fourth-order valence-electron chi connectivity index (χ4n) is 3.03. The van der Waals surface area contributed by atoms with Gasteiger partial charge in [0.2, 0.25) is 0 Å². The number of hydrogen-bond acceptors (Lipinski definition) is 1. The van der Waals surface area contributed by atoms with Gasteiger partial charge in [-0.1, -0.05) is 25.1 Å². The molecule has 2 N–H and O–H groups in total. The van der Waals surface area contributed by atoms with Crippen molar-refractivity contribution in [3.05, 3.63) is 64.9 Å². The number of carboxylic acids is 1. The van der Waals surface area contributed by atoms with E-state index in [1.807, 2.05) is 20.0 Å². The van der Waals surface area contributed by atoms with Crippen molar-refractivity contribution >= 4 is 22.9 Å². The molecule has 0 aliphatic carbocycles. The van der Waals surface area contributed by atoms with Crippen LogP contribution in [0.4, 0.5) is 0 Å². The largest absolute Gasteiger partial charge is 0.478 e. The summed E-state index contributed by atoms with van der Waals surface area (Å²) in [4.78, 5) is 14.5. The van der Waals surface area contributed by atoms with Crippen LogP contribution in [-0.2, 0) is 4.79 Å². The van der Waals surface area contributed by atoms with Crippen LogP contribution in [0, 0.1) is 13.8 Å². The number of aryl methyl sites for hydroxylation is 2. The number of aromatic nitrogens is 1. The van der Waals surface area contributed by atoms with E-state index in [1.54, 1.807) is 6.08 Å². The van der Waals surface area contributed by atoms with Gasteiger partial charge in [-0.2, -0.15) is 0 Å². The van der Waals surface area contributed by atoms with Crippen molar-refractivity contribution in [1.29, 1.82) is 0 Å². The third kappa shape index (κ3) is 2.98. The van der Waals surface area contributed by atoms with Gasteiger partial charge < -0.3 is 10.1 Å². The number of aliphatic carboxylic acids is 1. The van der Waals surface area contributed by atoms with E-state index in [0.29, 0.717) is 12.0 Å². The predicted octanol–water partition coefficient (Wildman–Crippen LogP) is 5.33. The average Bonchev–Trinajstić information content (AvgIpc) is 3.02. The molecule has 0 aliphatic heterocycles. The third-order valence-corrected chi connectivity index (χ3v) is 4.46. The Labute approximate surface area is 141 Å². The van der Waals surface area contributed by atoms with Gasteiger partial charge in [-0.15, -0.1) is 0 Å². The van der Waals surface area contributed by atoms with Crippen LogP contribution >= 0.6 is 0 Å². The van der Waals surface area contributed by atoms with Crippen LogP contribution in [0.1, 0.15) is 30.0 Å². The highest BCUT2D eigenvalue weighted by molar-refractivity contribution is 5.92. The van der Waals surface area contributed by atoms with E-state index in [4.69, 9.17) is 0 Å². The van der Waals surface area contributed by atoms with E-state index >= 15 is 0 Å². The second-order valence-corrected chi connectivity index (χ2v) is 6.13. The lowest BCUT2D eigenvalue weighted by molar-refractivity contribution is -0.132. The van der Waals surface area contributed by atoms with Gasteiger partial charge in [0.1, 0.15) is 0 Å². The Morgan fingerprint density at radius 2 is 1.92 bits per heavy atom. The number of aromatic amines is 1.